The Balaban J connectivity index is 2.23. The Hall–Kier alpha value is -1.96. The third-order valence-electron chi connectivity index (χ3n) is 3.85. The molecule has 0 radical (unpaired) electrons. The molecule has 2 aromatic carbocycles. The van der Waals surface area contributed by atoms with E-state index in [0.29, 0.717) is 5.75 Å². The van der Waals surface area contributed by atoms with Gasteiger partial charge < -0.3 is 10.0 Å². The number of benzene rings is 2. The zero-order valence-corrected chi connectivity index (χ0v) is 10.8. The van der Waals surface area contributed by atoms with Gasteiger partial charge in [0.15, 0.2) is 0 Å². The molecule has 2 aromatic rings. The van der Waals surface area contributed by atoms with E-state index in [2.05, 4.69) is 18.0 Å². The molecule has 0 unspecified atom stereocenters. The van der Waals surface area contributed by atoms with Crippen LogP contribution in [0.25, 0.3) is 11.1 Å². The van der Waals surface area contributed by atoms with Crippen LogP contribution < -0.4 is 4.90 Å². The van der Waals surface area contributed by atoms with Crippen molar-refractivity contribution in [3.63, 3.8) is 0 Å². The van der Waals surface area contributed by atoms with E-state index >= 15 is 0 Å². The fourth-order valence-corrected chi connectivity index (χ4v) is 2.72. The van der Waals surface area contributed by atoms with Gasteiger partial charge in [0, 0.05) is 24.8 Å². The molecule has 92 valence electrons. The number of aromatic hydroxyl groups is 1. The molecule has 1 N–H and O–H groups in total. The van der Waals surface area contributed by atoms with Crippen molar-refractivity contribution in [2.45, 2.75) is 13.3 Å². The molecule has 18 heavy (non-hydrogen) atoms. The van der Waals surface area contributed by atoms with E-state index in [1.54, 1.807) is 0 Å². The maximum Gasteiger partial charge on any atom is 0.126 e. The van der Waals surface area contributed by atoms with Crippen molar-refractivity contribution < 1.29 is 5.11 Å². The number of rotatable bonds is 1. The molecule has 2 nitrogen and oxygen atoms in total. The summed E-state index contributed by atoms with van der Waals surface area (Å²) in [5.41, 5.74) is 5.57. The van der Waals surface area contributed by atoms with Gasteiger partial charge in [-0.05, 0) is 36.1 Å². The smallest absolute Gasteiger partial charge is 0.126 e. The summed E-state index contributed by atoms with van der Waals surface area (Å²) in [6, 6.07) is 12.2. The lowest BCUT2D eigenvalue weighted by atomic mass is 9.96. The lowest BCUT2D eigenvalue weighted by Gasteiger charge is -2.16. The lowest BCUT2D eigenvalue weighted by Crippen LogP contribution is -2.12. The van der Waals surface area contributed by atoms with E-state index in [1.165, 1.54) is 11.3 Å². The molecule has 3 rings (SSSR count). The first kappa shape index (κ1) is 11.1. The minimum Gasteiger partial charge on any atom is -0.507 e. The number of anilines is 1. The Morgan fingerprint density at radius 1 is 1.17 bits per heavy atom. The largest absolute Gasteiger partial charge is 0.507 e. The Bertz CT molecular complexity index is 590. The molecule has 1 aliphatic rings. The zero-order valence-electron chi connectivity index (χ0n) is 10.8. The van der Waals surface area contributed by atoms with Crippen LogP contribution in [0, 0.1) is 6.92 Å². The molecule has 0 aliphatic carbocycles. The summed E-state index contributed by atoms with van der Waals surface area (Å²) >= 11 is 0. The van der Waals surface area contributed by atoms with Crippen molar-refractivity contribution in [3.8, 4) is 16.9 Å². The van der Waals surface area contributed by atoms with Gasteiger partial charge in [-0.2, -0.15) is 0 Å². The van der Waals surface area contributed by atoms with Gasteiger partial charge in [-0.15, -0.1) is 0 Å². The summed E-state index contributed by atoms with van der Waals surface area (Å²) in [6.07, 6.45) is 1.03. The normalized spacial score (nSPS) is 13.8. The Morgan fingerprint density at radius 2 is 1.89 bits per heavy atom. The van der Waals surface area contributed by atoms with Crippen molar-refractivity contribution in [2.24, 2.45) is 0 Å². The fourth-order valence-electron chi connectivity index (χ4n) is 2.72. The van der Waals surface area contributed by atoms with Crippen LogP contribution in [0.15, 0.2) is 36.4 Å². The predicted molar refractivity (Wildman–Crippen MR) is 75.3 cm³/mol. The molecule has 1 aliphatic heterocycles. The third kappa shape index (κ3) is 1.57. The Morgan fingerprint density at radius 3 is 2.61 bits per heavy atom. The number of fused-ring (bicyclic) bond motifs is 1. The minimum absolute atomic E-state index is 0.426. The Kier molecular flexibility index (Phi) is 2.51. The average Bonchev–Trinajstić information content (AvgIpc) is 2.77. The van der Waals surface area contributed by atoms with Crippen LogP contribution in [-0.4, -0.2) is 18.7 Å². The Labute approximate surface area is 107 Å². The topological polar surface area (TPSA) is 23.5 Å². The average molecular weight is 239 g/mol. The first-order valence-electron chi connectivity index (χ1n) is 6.30. The summed E-state index contributed by atoms with van der Waals surface area (Å²) < 4.78 is 0. The van der Waals surface area contributed by atoms with Crippen molar-refractivity contribution >= 4 is 5.69 Å². The molecule has 0 aromatic heterocycles. The number of phenols is 1. The van der Waals surface area contributed by atoms with E-state index in [-0.39, 0.29) is 0 Å². The molecule has 0 bridgehead atoms. The first-order valence-corrected chi connectivity index (χ1v) is 6.30. The quantitative estimate of drug-likeness (QED) is 0.824. The molecule has 0 atom stereocenters. The van der Waals surface area contributed by atoms with E-state index < -0.39 is 0 Å². The van der Waals surface area contributed by atoms with Gasteiger partial charge in [0.2, 0.25) is 0 Å². The molecular weight excluding hydrogens is 222 g/mol. The summed E-state index contributed by atoms with van der Waals surface area (Å²) in [4.78, 5) is 2.26. The highest BCUT2D eigenvalue weighted by atomic mass is 16.3. The summed E-state index contributed by atoms with van der Waals surface area (Å²) in [7, 11) is 2.11. The fraction of sp³-hybridized carbons (Fsp3) is 0.250. The SMILES string of the molecule is Cc1c(O)c(-c2ccccc2)cc2c1CCN2C. The second-order valence-corrected chi connectivity index (χ2v) is 4.93. The van der Waals surface area contributed by atoms with Gasteiger partial charge in [0.25, 0.3) is 0 Å². The lowest BCUT2D eigenvalue weighted by molar-refractivity contribution is 0.472. The van der Waals surface area contributed by atoms with Crippen LogP contribution in [0.4, 0.5) is 5.69 Å². The monoisotopic (exact) mass is 239 g/mol. The van der Waals surface area contributed by atoms with Crippen molar-refractivity contribution in [1.82, 2.24) is 0 Å². The highest BCUT2D eigenvalue weighted by Gasteiger charge is 2.22. The number of nitrogens with zero attached hydrogens (tertiary/aromatic N) is 1. The van der Waals surface area contributed by atoms with Gasteiger partial charge in [-0.3, -0.25) is 0 Å². The van der Waals surface area contributed by atoms with Crippen LogP contribution >= 0.6 is 0 Å². The first-order chi connectivity index (χ1) is 8.68. The van der Waals surface area contributed by atoms with Crippen LogP contribution in [0.5, 0.6) is 5.75 Å². The highest BCUT2D eigenvalue weighted by molar-refractivity contribution is 5.79. The van der Waals surface area contributed by atoms with Crippen molar-refractivity contribution in [1.29, 1.82) is 0 Å². The number of phenolic OH excluding ortho intramolecular Hbond substituents is 1. The molecule has 2 heteroatoms. The number of hydrogen-bond donors (Lipinski definition) is 1. The molecule has 0 saturated carbocycles. The van der Waals surface area contributed by atoms with Crippen molar-refractivity contribution in [3.05, 3.63) is 47.5 Å². The molecule has 1 heterocycles. The van der Waals surface area contributed by atoms with Crippen LogP contribution in [0.1, 0.15) is 11.1 Å². The highest BCUT2D eigenvalue weighted by Crippen LogP contribution is 2.41. The van der Waals surface area contributed by atoms with Gasteiger partial charge in [-0.1, -0.05) is 30.3 Å². The summed E-state index contributed by atoms with van der Waals surface area (Å²) in [5, 5.41) is 10.4. The molecule has 0 fully saturated rings. The number of likely N-dealkylation sites (N-methyl/N-ethyl adjacent to an activating group) is 1. The maximum absolute atomic E-state index is 10.4. The van der Waals surface area contributed by atoms with Gasteiger partial charge in [0.05, 0.1) is 0 Å². The summed E-state index contributed by atoms with van der Waals surface area (Å²) in [6.45, 7) is 3.05. The molecule has 0 saturated heterocycles. The zero-order chi connectivity index (χ0) is 12.7. The van der Waals surface area contributed by atoms with Gasteiger partial charge in [-0.25, -0.2) is 0 Å². The van der Waals surface area contributed by atoms with E-state index in [4.69, 9.17) is 0 Å². The van der Waals surface area contributed by atoms with E-state index in [9.17, 15) is 5.11 Å². The summed E-state index contributed by atoms with van der Waals surface area (Å²) in [5.74, 6) is 0.426. The van der Waals surface area contributed by atoms with E-state index in [0.717, 1.165) is 29.7 Å². The van der Waals surface area contributed by atoms with Gasteiger partial charge >= 0.3 is 0 Å². The van der Waals surface area contributed by atoms with Crippen LogP contribution in [-0.2, 0) is 6.42 Å². The third-order valence-corrected chi connectivity index (χ3v) is 3.85. The standard InChI is InChI=1S/C16H17NO/c1-11-13-8-9-17(2)15(13)10-14(16(11)18)12-6-4-3-5-7-12/h3-7,10,18H,8-9H2,1-2H3. The van der Waals surface area contributed by atoms with Crippen LogP contribution in [0.3, 0.4) is 0 Å². The number of hydrogen-bond acceptors (Lipinski definition) is 2. The van der Waals surface area contributed by atoms with Gasteiger partial charge in [0.1, 0.15) is 5.75 Å². The second-order valence-electron chi connectivity index (χ2n) is 4.93. The van der Waals surface area contributed by atoms with E-state index in [1.807, 2.05) is 37.3 Å². The molecular formula is C16H17NO. The second kappa shape index (κ2) is 4.05. The van der Waals surface area contributed by atoms with Crippen molar-refractivity contribution in [2.75, 3.05) is 18.5 Å². The maximum atomic E-state index is 10.4. The molecule has 0 spiro atoms. The predicted octanol–water partition coefficient (Wildman–Crippen LogP) is 3.36. The minimum atomic E-state index is 0.426. The van der Waals surface area contributed by atoms with Crippen LogP contribution in [0.2, 0.25) is 0 Å². The molecule has 0 amide bonds.